The SMILES string of the molecule is CCNC1=C(c2ccccc2Cl)C(=O)N(CC)C12CCCCC2. The predicted molar refractivity (Wildman–Crippen MR) is 95.3 cm³/mol. The quantitative estimate of drug-likeness (QED) is 0.895. The normalized spacial score (nSPS) is 20.5. The number of amides is 1. The number of carbonyl (C=O) groups excluding carboxylic acids is 1. The first kappa shape index (κ1) is 16.4. The Bertz CT molecular complexity index is 632. The highest BCUT2D eigenvalue weighted by atomic mass is 35.5. The number of hydrogen-bond donors (Lipinski definition) is 1. The molecule has 4 heteroatoms. The molecule has 0 unspecified atom stereocenters. The maximum Gasteiger partial charge on any atom is 0.257 e. The van der Waals surface area contributed by atoms with Gasteiger partial charge < -0.3 is 10.2 Å². The molecule has 1 fully saturated rings. The summed E-state index contributed by atoms with van der Waals surface area (Å²) in [5.41, 5.74) is 2.58. The molecule has 3 nitrogen and oxygen atoms in total. The summed E-state index contributed by atoms with van der Waals surface area (Å²) in [6.45, 7) is 5.72. The molecule has 3 rings (SSSR count). The van der Waals surface area contributed by atoms with E-state index in [4.69, 9.17) is 11.6 Å². The van der Waals surface area contributed by atoms with E-state index in [-0.39, 0.29) is 11.4 Å². The van der Waals surface area contributed by atoms with Crippen LogP contribution in [0, 0.1) is 0 Å². The molecule has 124 valence electrons. The number of benzene rings is 1. The van der Waals surface area contributed by atoms with Crippen LogP contribution in [0.2, 0.25) is 5.02 Å². The second kappa shape index (κ2) is 6.56. The maximum absolute atomic E-state index is 13.2. The van der Waals surface area contributed by atoms with Crippen LogP contribution in [0.4, 0.5) is 0 Å². The summed E-state index contributed by atoms with van der Waals surface area (Å²) in [5.74, 6) is 0.124. The van der Waals surface area contributed by atoms with E-state index in [1.54, 1.807) is 0 Å². The van der Waals surface area contributed by atoms with Gasteiger partial charge in [-0.25, -0.2) is 0 Å². The topological polar surface area (TPSA) is 32.3 Å². The van der Waals surface area contributed by atoms with Gasteiger partial charge in [-0.1, -0.05) is 49.1 Å². The lowest BCUT2D eigenvalue weighted by Crippen LogP contribution is -2.51. The Balaban J connectivity index is 2.19. The van der Waals surface area contributed by atoms with E-state index in [0.29, 0.717) is 5.02 Å². The van der Waals surface area contributed by atoms with E-state index >= 15 is 0 Å². The van der Waals surface area contributed by atoms with Gasteiger partial charge in [-0.15, -0.1) is 0 Å². The first-order chi connectivity index (χ1) is 11.2. The number of carbonyl (C=O) groups is 1. The van der Waals surface area contributed by atoms with Crippen LogP contribution in [0.15, 0.2) is 30.0 Å². The van der Waals surface area contributed by atoms with Crippen LogP contribution in [-0.4, -0.2) is 29.4 Å². The minimum atomic E-state index is -0.158. The molecule has 1 N–H and O–H groups in total. The Morgan fingerprint density at radius 3 is 2.48 bits per heavy atom. The fourth-order valence-corrected chi connectivity index (χ4v) is 4.48. The lowest BCUT2D eigenvalue weighted by Gasteiger charge is -2.43. The third-order valence-electron chi connectivity index (χ3n) is 5.18. The first-order valence-corrected chi connectivity index (χ1v) is 9.09. The van der Waals surface area contributed by atoms with Crippen molar-refractivity contribution in [2.75, 3.05) is 13.1 Å². The summed E-state index contributed by atoms with van der Waals surface area (Å²) in [7, 11) is 0. The zero-order valence-electron chi connectivity index (χ0n) is 14.0. The standard InChI is InChI=1S/C19H25ClN2O/c1-3-21-17-16(14-10-6-7-11-15(14)20)18(23)22(4-2)19(17)12-8-5-9-13-19/h6-7,10-11,21H,3-5,8-9,12-13H2,1-2H3. The van der Waals surface area contributed by atoms with Crippen molar-refractivity contribution < 1.29 is 4.79 Å². The summed E-state index contributed by atoms with van der Waals surface area (Å²) >= 11 is 6.42. The number of likely N-dealkylation sites (N-methyl/N-ethyl adjacent to an activating group) is 2. The average Bonchev–Trinajstić information content (AvgIpc) is 2.77. The highest BCUT2D eigenvalue weighted by Gasteiger charge is 2.51. The molecular formula is C19H25ClN2O. The van der Waals surface area contributed by atoms with Crippen LogP contribution in [0.5, 0.6) is 0 Å². The van der Waals surface area contributed by atoms with Crippen LogP contribution < -0.4 is 5.32 Å². The number of hydrogen-bond acceptors (Lipinski definition) is 2. The summed E-state index contributed by atoms with van der Waals surface area (Å²) < 4.78 is 0. The largest absolute Gasteiger partial charge is 0.386 e. The number of nitrogens with zero attached hydrogens (tertiary/aromatic N) is 1. The Morgan fingerprint density at radius 1 is 1.17 bits per heavy atom. The molecule has 0 bridgehead atoms. The van der Waals surface area contributed by atoms with Gasteiger partial charge >= 0.3 is 0 Å². The zero-order chi connectivity index (χ0) is 16.4. The van der Waals surface area contributed by atoms with Crippen LogP contribution in [0.3, 0.4) is 0 Å². The Morgan fingerprint density at radius 2 is 1.87 bits per heavy atom. The van der Waals surface area contributed by atoms with Crippen LogP contribution in [-0.2, 0) is 4.79 Å². The molecular weight excluding hydrogens is 308 g/mol. The number of rotatable bonds is 4. The predicted octanol–water partition coefficient (Wildman–Crippen LogP) is 4.23. The second-order valence-corrected chi connectivity index (χ2v) is 6.81. The third kappa shape index (κ3) is 2.55. The maximum atomic E-state index is 13.2. The van der Waals surface area contributed by atoms with Gasteiger partial charge in [-0.3, -0.25) is 4.79 Å². The van der Waals surface area contributed by atoms with E-state index in [1.807, 2.05) is 24.3 Å². The van der Waals surface area contributed by atoms with Gasteiger partial charge in [0, 0.05) is 23.7 Å². The highest BCUT2D eigenvalue weighted by molar-refractivity contribution is 6.35. The van der Waals surface area contributed by atoms with E-state index in [9.17, 15) is 4.79 Å². The third-order valence-corrected chi connectivity index (χ3v) is 5.51. The smallest absolute Gasteiger partial charge is 0.257 e. The van der Waals surface area contributed by atoms with E-state index in [1.165, 1.54) is 19.3 Å². The Kier molecular flexibility index (Phi) is 4.67. The molecule has 1 aromatic carbocycles. The Hall–Kier alpha value is -1.48. The van der Waals surface area contributed by atoms with Crippen molar-refractivity contribution >= 4 is 23.1 Å². The summed E-state index contributed by atoms with van der Waals surface area (Å²) in [6, 6.07) is 7.69. The molecule has 0 saturated heterocycles. The average molecular weight is 333 g/mol. The van der Waals surface area contributed by atoms with Crippen molar-refractivity contribution in [3.63, 3.8) is 0 Å². The molecule has 1 amide bonds. The second-order valence-electron chi connectivity index (χ2n) is 6.40. The molecule has 1 aromatic rings. The fraction of sp³-hybridized carbons (Fsp3) is 0.526. The van der Waals surface area contributed by atoms with Crippen molar-refractivity contribution in [3.8, 4) is 0 Å². The van der Waals surface area contributed by atoms with Crippen molar-refractivity contribution in [2.24, 2.45) is 0 Å². The van der Waals surface area contributed by atoms with Crippen molar-refractivity contribution in [1.82, 2.24) is 10.2 Å². The van der Waals surface area contributed by atoms with Gasteiger partial charge in [0.2, 0.25) is 0 Å². The lowest BCUT2D eigenvalue weighted by molar-refractivity contribution is -0.128. The van der Waals surface area contributed by atoms with Crippen LogP contribution >= 0.6 is 11.6 Å². The number of halogens is 1. The van der Waals surface area contributed by atoms with E-state index in [2.05, 4.69) is 24.1 Å². The minimum Gasteiger partial charge on any atom is -0.386 e. The minimum absolute atomic E-state index is 0.124. The molecule has 1 saturated carbocycles. The molecule has 1 aliphatic carbocycles. The Labute approximate surface area is 143 Å². The van der Waals surface area contributed by atoms with Gasteiger partial charge in [0.1, 0.15) is 0 Å². The molecule has 1 spiro atoms. The molecule has 23 heavy (non-hydrogen) atoms. The highest BCUT2D eigenvalue weighted by Crippen LogP contribution is 2.47. The first-order valence-electron chi connectivity index (χ1n) is 8.71. The molecule has 0 aromatic heterocycles. The zero-order valence-corrected chi connectivity index (χ0v) is 14.7. The van der Waals surface area contributed by atoms with Crippen molar-refractivity contribution in [3.05, 3.63) is 40.5 Å². The van der Waals surface area contributed by atoms with Gasteiger partial charge in [0.15, 0.2) is 0 Å². The lowest BCUT2D eigenvalue weighted by atomic mass is 9.78. The summed E-state index contributed by atoms with van der Waals surface area (Å²) in [4.78, 5) is 15.3. The van der Waals surface area contributed by atoms with Crippen molar-refractivity contribution in [1.29, 1.82) is 0 Å². The van der Waals surface area contributed by atoms with Crippen LogP contribution in [0.1, 0.15) is 51.5 Å². The van der Waals surface area contributed by atoms with Gasteiger partial charge in [0.05, 0.1) is 16.8 Å². The van der Waals surface area contributed by atoms with Gasteiger partial charge in [-0.2, -0.15) is 0 Å². The van der Waals surface area contributed by atoms with E-state index < -0.39 is 0 Å². The monoisotopic (exact) mass is 332 g/mol. The molecule has 0 radical (unpaired) electrons. The van der Waals surface area contributed by atoms with Crippen LogP contribution in [0.25, 0.3) is 5.57 Å². The number of nitrogens with one attached hydrogen (secondary N) is 1. The fourth-order valence-electron chi connectivity index (χ4n) is 4.25. The molecule has 1 heterocycles. The molecule has 0 atom stereocenters. The summed E-state index contributed by atoms with van der Waals surface area (Å²) in [6.07, 6.45) is 5.70. The summed E-state index contributed by atoms with van der Waals surface area (Å²) in [5, 5.41) is 4.18. The van der Waals surface area contributed by atoms with Crippen molar-refractivity contribution in [2.45, 2.75) is 51.5 Å². The molecule has 1 aliphatic heterocycles. The molecule has 2 aliphatic rings. The van der Waals surface area contributed by atoms with Gasteiger partial charge in [0.25, 0.3) is 5.91 Å². The van der Waals surface area contributed by atoms with E-state index in [0.717, 1.165) is 42.8 Å². The van der Waals surface area contributed by atoms with Gasteiger partial charge in [-0.05, 0) is 32.8 Å².